The van der Waals surface area contributed by atoms with E-state index in [1.54, 1.807) is 0 Å². The van der Waals surface area contributed by atoms with E-state index in [0.29, 0.717) is 11.5 Å². The molecule has 0 bridgehead atoms. The summed E-state index contributed by atoms with van der Waals surface area (Å²) in [5.41, 5.74) is 5.57. The molecule has 0 spiro atoms. The van der Waals surface area contributed by atoms with E-state index in [2.05, 4.69) is 6.92 Å². The lowest BCUT2D eigenvalue weighted by Crippen LogP contribution is -2.49. The molecular formula is C12H25N3OS. The molecule has 0 rings (SSSR count). The number of carbonyl (C=O) groups excluding carboxylic acids is 1. The first-order chi connectivity index (χ1) is 7.97. The highest BCUT2D eigenvalue weighted by Crippen LogP contribution is 2.05. The molecule has 17 heavy (non-hydrogen) atoms. The molecule has 0 aliphatic rings. The van der Waals surface area contributed by atoms with Gasteiger partial charge in [0.1, 0.15) is 0 Å². The summed E-state index contributed by atoms with van der Waals surface area (Å²) in [4.78, 5) is 16.5. The van der Waals surface area contributed by atoms with Crippen molar-refractivity contribution < 1.29 is 4.79 Å². The van der Waals surface area contributed by atoms with Crippen LogP contribution in [0.25, 0.3) is 0 Å². The molecular weight excluding hydrogens is 234 g/mol. The van der Waals surface area contributed by atoms with E-state index >= 15 is 0 Å². The predicted octanol–water partition coefficient (Wildman–Crippen LogP) is 1.24. The fourth-order valence-electron chi connectivity index (χ4n) is 1.85. The van der Waals surface area contributed by atoms with Crippen LogP contribution in [0, 0.1) is 0 Å². The summed E-state index contributed by atoms with van der Waals surface area (Å²) in [6, 6.07) is -0.156. The molecule has 4 nitrogen and oxygen atoms in total. The van der Waals surface area contributed by atoms with Gasteiger partial charge in [-0.05, 0) is 33.7 Å². The number of rotatable bonds is 8. The fourth-order valence-corrected chi connectivity index (χ4v) is 2.02. The van der Waals surface area contributed by atoms with Gasteiger partial charge in [0.25, 0.3) is 0 Å². The van der Waals surface area contributed by atoms with Gasteiger partial charge in [0, 0.05) is 19.6 Å². The minimum Gasteiger partial charge on any atom is -0.392 e. The molecule has 0 radical (unpaired) electrons. The molecule has 100 valence electrons. The maximum absolute atomic E-state index is 12.2. The number of nitrogens with two attached hydrogens (primary N) is 1. The number of nitrogens with zero attached hydrogens (tertiary/aromatic N) is 2. The van der Waals surface area contributed by atoms with E-state index < -0.39 is 0 Å². The second-order valence-corrected chi connectivity index (χ2v) is 4.65. The Balaban J connectivity index is 4.63. The van der Waals surface area contributed by atoms with Crippen LogP contribution in [-0.4, -0.2) is 52.9 Å². The first-order valence-electron chi connectivity index (χ1n) is 6.28. The van der Waals surface area contributed by atoms with Crippen LogP contribution in [0.2, 0.25) is 0 Å². The van der Waals surface area contributed by atoms with Crippen molar-refractivity contribution in [3.05, 3.63) is 0 Å². The average molecular weight is 259 g/mol. The highest BCUT2D eigenvalue weighted by Gasteiger charge is 2.24. The monoisotopic (exact) mass is 259 g/mol. The van der Waals surface area contributed by atoms with Crippen molar-refractivity contribution in [2.45, 2.75) is 40.2 Å². The number of hydrogen-bond acceptors (Lipinski definition) is 3. The van der Waals surface area contributed by atoms with Crippen LogP contribution in [0.15, 0.2) is 0 Å². The summed E-state index contributed by atoms with van der Waals surface area (Å²) >= 11 is 4.93. The van der Waals surface area contributed by atoms with Crippen LogP contribution in [0.3, 0.4) is 0 Å². The Hall–Kier alpha value is -0.680. The van der Waals surface area contributed by atoms with Crippen LogP contribution in [-0.2, 0) is 4.79 Å². The van der Waals surface area contributed by atoms with Gasteiger partial charge in [-0.3, -0.25) is 9.69 Å². The van der Waals surface area contributed by atoms with Gasteiger partial charge in [0.05, 0.1) is 11.0 Å². The zero-order chi connectivity index (χ0) is 13.4. The van der Waals surface area contributed by atoms with E-state index in [4.69, 9.17) is 18.0 Å². The normalized spacial score (nSPS) is 12.5. The second-order valence-electron chi connectivity index (χ2n) is 4.12. The minimum atomic E-state index is -0.156. The van der Waals surface area contributed by atoms with Gasteiger partial charge < -0.3 is 10.6 Å². The lowest BCUT2D eigenvalue weighted by atomic mass is 10.2. The van der Waals surface area contributed by atoms with Crippen molar-refractivity contribution in [2.75, 3.05) is 26.2 Å². The molecule has 1 atom stereocenters. The summed E-state index contributed by atoms with van der Waals surface area (Å²) < 4.78 is 0. The molecule has 1 unspecified atom stereocenters. The molecule has 5 heteroatoms. The first kappa shape index (κ1) is 16.3. The van der Waals surface area contributed by atoms with Crippen LogP contribution in [0.5, 0.6) is 0 Å². The van der Waals surface area contributed by atoms with Crippen LogP contribution < -0.4 is 5.73 Å². The number of amides is 1. The first-order valence-corrected chi connectivity index (χ1v) is 6.69. The smallest absolute Gasteiger partial charge is 0.239 e. The molecule has 0 saturated carbocycles. The predicted molar refractivity (Wildman–Crippen MR) is 76.0 cm³/mol. The summed E-state index contributed by atoms with van der Waals surface area (Å²) in [6.45, 7) is 10.8. The summed E-state index contributed by atoms with van der Waals surface area (Å²) in [5.74, 6) is 0.153. The highest BCUT2D eigenvalue weighted by molar-refractivity contribution is 7.80. The van der Waals surface area contributed by atoms with E-state index in [9.17, 15) is 4.79 Å². The highest BCUT2D eigenvalue weighted by atomic mass is 32.1. The van der Waals surface area contributed by atoms with Gasteiger partial charge in [-0.25, -0.2) is 0 Å². The lowest BCUT2D eigenvalue weighted by molar-refractivity contribution is -0.135. The Morgan fingerprint density at radius 2 is 1.82 bits per heavy atom. The van der Waals surface area contributed by atoms with Gasteiger partial charge in [0.15, 0.2) is 0 Å². The largest absolute Gasteiger partial charge is 0.392 e. The molecule has 0 aromatic heterocycles. The van der Waals surface area contributed by atoms with Crippen molar-refractivity contribution in [3.63, 3.8) is 0 Å². The Morgan fingerprint density at radius 3 is 2.18 bits per heavy atom. The Morgan fingerprint density at radius 1 is 1.29 bits per heavy atom. The molecule has 0 heterocycles. The summed E-state index contributed by atoms with van der Waals surface area (Å²) in [7, 11) is 0. The lowest BCUT2D eigenvalue weighted by Gasteiger charge is -2.31. The van der Waals surface area contributed by atoms with Crippen LogP contribution in [0.4, 0.5) is 0 Å². The third-order valence-corrected chi connectivity index (χ3v) is 2.98. The van der Waals surface area contributed by atoms with Gasteiger partial charge in [-0.2, -0.15) is 0 Å². The SMILES string of the molecule is CCCN(CC(N)=S)C(C)C(=O)N(CC)CC. The van der Waals surface area contributed by atoms with E-state index in [0.717, 1.165) is 26.1 Å². The standard InChI is InChI=1S/C12H25N3OS/c1-5-8-15(9-11(13)17)10(4)12(16)14(6-2)7-3/h10H,5-9H2,1-4H3,(H2,13,17). The zero-order valence-electron chi connectivity index (χ0n) is 11.4. The molecule has 0 aromatic carbocycles. The number of hydrogen-bond donors (Lipinski definition) is 1. The number of thiocarbonyl (C=S) groups is 1. The molecule has 0 aromatic rings. The van der Waals surface area contributed by atoms with Crippen molar-refractivity contribution in [1.29, 1.82) is 0 Å². The average Bonchev–Trinajstić information content (AvgIpc) is 2.28. The van der Waals surface area contributed by atoms with Crippen molar-refractivity contribution in [3.8, 4) is 0 Å². The van der Waals surface area contributed by atoms with Gasteiger partial charge >= 0.3 is 0 Å². The van der Waals surface area contributed by atoms with Gasteiger partial charge in [-0.15, -0.1) is 0 Å². The minimum absolute atomic E-state index is 0.153. The molecule has 2 N–H and O–H groups in total. The van der Waals surface area contributed by atoms with E-state index in [1.165, 1.54) is 0 Å². The maximum atomic E-state index is 12.2. The van der Waals surface area contributed by atoms with Gasteiger partial charge in [0.2, 0.25) is 5.91 Å². The third-order valence-electron chi connectivity index (χ3n) is 2.85. The molecule has 1 amide bonds. The van der Waals surface area contributed by atoms with Crippen molar-refractivity contribution in [1.82, 2.24) is 9.80 Å². The van der Waals surface area contributed by atoms with E-state index in [-0.39, 0.29) is 11.9 Å². The van der Waals surface area contributed by atoms with Crippen LogP contribution in [0.1, 0.15) is 34.1 Å². The Labute approximate surface area is 110 Å². The summed E-state index contributed by atoms with van der Waals surface area (Å²) in [5, 5.41) is 0. The third kappa shape index (κ3) is 5.46. The Kier molecular flexibility index (Phi) is 8.08. The van der Waals surface area contributed by atoms with Crippen molar-refractivity contribution >= 4 is 23.1 Å². The van der Waals surface area contributed by atoms with Crippen molar-refractivity contribution in [2.24, 2.45) is 5.73 Å². The maximum Gasteiger partial charge on any atom is 0.239 e. The molecule has 0 saturated heterocycles. The van der Waals surface area contributed by atoms with Crippen LogP contribution >= 0.6 is 12.2 Å². The Bertz CT molecular complexity index is 254. The second kappa shape index (κ2) is 8.42. The molecule has 0 fully saturated rings. The van der Waals surface area contributed by atoms with Gasteiger partial charge in [-0.1, -0.05) is 19.1 Å². The topological polar surface area (TPSA) is 49.6 Å². The zero-order valence-corrected chi connectivity index (χ0v) is 12.2. The fraction of sp³-hybridized carbons (Fsp3) is 0.833. The number of likely N-dealkylation sites (N-methyl/N-ethyl adjacent to an activating group) is 1. The molecule has 0 aliphatic heterocycles. The van der Waals surface area contributed by atoms with E-state index in [1.807, 2.05) is 30.6 Å². The summed E-state index contributed by atoms with van der Waals surface area (Å²) in [6.07, 6.45) is 0.985. The molecule has 0 aliphatic carbocycles. The number of carbonyl (C=O) groups is 1. The quantitative estimate of drug-likeness (QED) is 0.666.